The summed E-state index contributed by atoms with van der Waals surface area (Å²) in [6, 6.07) is 0. The van der Waals surface area contributed by atoms with Gasteiger partial charge in [0.15, 0.2) is 0 Å². The number of carbonyl (C=O) groups is 1. The first-order valence-electron chi connectivity index (χ1n) is 3.14. The van der Waals surface area contributed by atoms with Gasteiger partial charge in [0.1, 0.15) is 11.6 Å². The molecule has 4 N–H and O–H groups in total. The van der Waals surface area contributed by atoms with E-state index in [1.807, 2.05) is 0 Å². The average molecular weight is 155 g/mol. The Balaban J connectivity index is 2.89. The topological polar surface area (TPSA) is 83.5 Å². The van der Waals surface area contributed by atoms with Gasteiger partial charge in [-0.15, -0.1) is 0 Å². The molecule has 4 heteroatoms. The van der Waals surface area contributed by atoms with Gasteiger partial charge in [0.25, 0.3) is 0 Å². The maximum atomic E-state index is 10.4. The molecule has 1 aliphatic carbocycles. The number of allylic oxidation sites excluding steroid dienone is 2. The minimum absolute atomic E-state index is 1.05. The van der Waals surface area contributed by atoms with Crippen LogP contribution in [0.25, 0.3) is 0 Å². The Bertz CT molecular complexity index is 230. The molecule has 0 saturated carbocycles. The van der Waals surface area contributed by atoms with Gasteiger partial charge in [0.2, 0.25) is 0 Å². The van der Waals surface area contributed by atoms with Gasteiger partial charge in [-0.05, 0) is 6.08 Å². The summed E-state index contributed by atoms with van der Waals surface area (Å²) in [7, 11) is 0. The molecule has 0 aromatic carbocycles. The molecule has 0 heterocycles. The summed E-state index contributed by atoms with van der Waals surface area (Å²) >= 11 is 0. The second-order valence-corrected chi connectivity index (χ2v) is 2.45. The molecular weight excluding hydrogens is 146 g/mol. The highest BCUT2D eigenvalue weighted by Crippen LogP contribution is 2.18. The van der Waals surface area contributed by atoms with Crippen LogP contribution in [0.2, 0.25) is 0 Å². The highest BCUT2D eigenvalue weighted by atomic mass is 16.4. The molecule has 0 fully saturated rings. The van der Waals surface area contributed by atoms with Crippen LogP contribution in [0.5, 0.6) is 0 Å². The van der Waals surface area contributed by atoms with E-state index in [0.29, 0.717) is 0 Å². The molecule has 1 rings (SSSR count). The summed E-state index contributed by atoms with van der Waals surface area (Å²) in [5, 5.41) is 17.8. The molecule has 2 atom stereocenters. The predicted molar refractivity (Wildman–Crippen MR) is 38.5 cm³/mol. The van der Waals surface area contributed by atoms with Gasteiger partial charge in [-0.25, -0.2) is 0 Å². The van der Waals surface area contributed by atoms with Crippen molar-refractivity contribution in [1.82, 2.24) is 0 Å². The third-order valence-electron chi connectivity index (χ3n) is 1.54. The number of carboxylic acids is 1. The number of aliphatic carboxylic acids is 1. The van der Waals surface area contributed by atoms with Crippen LogP contribution in [0.1, 0.15) is 0 Å². The van der Waals surface area contributed by atoms with E-state index >= 15 is 0 Å². The van der Waals surface area contributed by atoms with Crippen molar-refractivity contribution in [1.29, 1.82) is 0 Å². The summed E-state index contributed by atoms with van der Waals surface area (Å²) < 4.78 is 0. The van der Waals surface area contributed by atoms with Gasteiger partial charge < -0.3 is 10.2 Å². The number of nitrogens with two attached hydrogens (primary N) is 1. The van der Waals surface area contributed by atoms with Crippen LogP contribution in [-0.4, -0.2) is 21.9 Å². The second-order valence-electron chi connectivity index (χ2n) is 2.45. The first kappa shape index (κ1) is 7.97. The Morgan fingerprint density at radius 3 is 2.55 bits per heavy atom. The van der Waals surface area contributed by atoms with E-state index in [1.54, 1.807) is 6.08 Å². The summed E-state index contributed by atoms with van der Waals surface area (Å²) in [4.78, 5) is 10.4. The normalized spacial score (nSPS) is 35.6. The van der Waals surface area contributed by atoms with Crippen molar-refractivity contribution < 1.29 is 15.0 Å². The largest absolute Gasteiger partial charge is 0.481 e. The van der Waals surface area contributed by atoms with Crippen LogP contribution in [-0.2, 0) is 4.79 Å². The smallest absolute Gasteiger partial charge is 0.315 e. The van der Waals surface area contributed by atoms with Crippen LogP contribution in [0.15, 0.2) is 24.3 Å². The van der Waals surface area contributed by atoms with Gasteiger partial charge >= 0.3 is 5.97 Å². The Hall–Kier alpha value is -1.13. The SMILES string of the molecule is NC1(O)C=CC=CC1C(=O)O. The lowest BCUT2D eigenvalue weighted by Crippen LogP contribution is -2.48. The lowest BCUT2D eigenvalue weighted by Gasteiger charge is -2.25. The standard InChI is InChI=1S/C7H9NO3/c8-7(11)4-2-1-3-5(7)6(9)10/h1-5,11H,8H2,(H,9,10). The average Bonchev–Trinajstić information content (AvgIpc) is 1.85. The number of rotatable bonds is 1. The number of hydrogen-bond acceptors (Lipinski definition) is 3. The Kier molecular flexibility index (Phi) is 1.80. The van der Waals surface area contributed by atoms with Crippen LogP contribution < -0.4 is 5.73 Å². The molecule has 0 aromatic heterocycles. The maximum absolute atomic E-state index is 10.4. The van der Waals surface area contributed by atoms with Crippen molar-refractivity contribution in [3.05, 3.63) is 24.3 Å². The fraction of sp³-hybridized carbons (Fsp3) is 0.286. The van der Waals surface area contributed by atoms with Crippen molar-refractivity contribution in [2.24, 2.45) is 11.7 Å². The molecule has 0 aromatic rings. The summed E-state index contributed by atoms with van der Waals surface area (Å²) in [5.74, 6) is -2.18. The van der Waals surface area contributed by atoms with Crippen molar-refractivity contribution in [2.45, 2.75) is 5.72 Å². The van der Waals surface area contributed by atoms with Crippen molar-refractivity contribution in [3.63, 3.8) is 0 Å². The zero-order chi connectivity index (χ0) is 8.48. The van der Waals surface area contributed by atoms with E-state index in [0.717, 1.165) is 0 Å². The van der Waals surface area contributed by atoms with Gasteiger partial charge in [-0.2, -0.15) is 0 Å². The van der Waals surface area contributed by atoms with Gasteiger partial charge in [0.05, 0.1) is 0 Å². The third-order valence-corrected chi connectivity index (χ3v) is 1.54. The predicted octanol–water partition coefficient (Wildman–Crippen LogP) is -0.540. The van der Waals surface area contributed by atoms with E-state index in [2.05, 4.69) is 0 Å². The Morgan fingerprint density at radius 2 is 2.18 bits per heavy atom. The van der Waals surface area contributed by atoms with Gasteiger partial charge in [0, 0.05) is 0 Å². The van der Waals surface area contributed by atoms with E-state index in [4.69, 9.17) is 10.8 Å². The zero-order valence-corrected chi connectivity index (χ0v) is 5.77. The Morgan fingerprint density at radius 1 is 1.55 bits per heavy atom. The molecule has 0 amide bonds. The number of carboxylic acid groups (broad SMARTS) is 1. The third kappa shape index (κ3) is 1.47. The first-order valence-corrected chi connectivity index (χ1v) is 3.14. The second kappa shape index (κ2) is 2.48. The quantitative estimate of drug-likeness (QED) is 0.444. The lowest BCUT2D eigenvalue weighted by atomic mass is 9.92. The molecule has 4 nitrogen and oxygen atoms in total. The fourth-order valence-corrected chi connectivity index (χ4v) is 0.923. The first-order chi connectivity index (χ1) is 5.04. The van der Waals surface area contributed by atoms with Crippen molar-refractivity contribution in [3.8, 4) is 0 Å². The highest BCUT2D eigenvalue weighted by molar-refractivity contribution is 5.74. The summed E-state index contributed by atoms with van der Waals surface area (Å²) in [6.45, 7) is 0. The van der Waals surface area contributed by atoms with Crippen LogP contribution in [0.4, 0.5) is 0 Å². The van der Waals surface area contributed by atoms with E-state index in [-0.39, 0.29) is 0 Å². The zero-order valence-electron chi connectivity index (χ0n) is 5.77. The molecule has 0 saturated heterocycles. The summed E-state index contributed by atoms with van der Waals surface area (Å²) in [5.41, 5.74) is 3.51. The minimum atomic E-state index is -1.75. The molecule has 60 valence electrons. The maximum Gasteiger partial charge on any atom is 0.315 e. The molecule has 0 radical (unpaired) electrons. The fourth-order valence-electron chi connectivity index (χ4n) is 0.923. The lowest BCUT2D eigenvalue weighted by molar-refractivity contribution is -0.146. The van der Waals surface area contributed by atoms with Crippen molar-refractivity contribution >= 4 is 5.97 Å². The molecule has 0 aliphatic heterocycles. The van der Waals surface area contributed by atoms with Crippen LogP contribution >= 0.6 is 0 Å². The Labute approximate surface area is 63.6 Å². The summed E-state index contributed by atoms with van der Waals surface area (Å²) in [6.07, 6.45) is 5.66. The molecule has 1 aliphatic rings. The minimum Gasteiger partial charge on any atom is -0.481 e. The van der Waals surface area contributed by atoms with E-state index < -0.39 is 17.6 Å². The molecule has 0 bridgehead atoms. The molecule has 2 unspecified atom stereocenters. The van der Waals surface area contributed by atoms with Gasteiger partial charge in [-0.1, -0.05) is 18.2 Å². The number of aliphatic hydroxyl groups is 1. The van der Waals surface area contributed by atoms with Crippen LogP contribution in [0, 0.1) is 5.92 Å². The van der Waals surface area contributed by atoms with Crippen molar-refractivity contribution in [2.75, 3.05) is 0 Å². The molecule has 0 spiro atoms. The van der Waals surface area contributed by atoms with Gasteiger partial charge in [-0.3, -0.25) is 10.5 Å². The molecule has 11 heavy (non-hydrogen) atoms. The van der Waals surface area contributed by atoms with E-state index in [9.17, 15) is 9.90 Å². The van der Waals surface area contributed by atoms with E-state index in [1.165, 1.54) is 18.2 Å². The monoisotopic (exact) mass is 155 g/mol. The van der Waals surface area contributed by atoms with Crippen LogP contribution in [0.3, 0.4) is 0 Å². The highest BCUT2D eigenvalue weighted by Gasteiger charge is 2.34. The number of hydrogen-bond donors (Lipinski definition) is 3. The molecular formula is C7H9NO3.